The molecule has 7 nitrogen and oxygen atoms in total. The lowest BCUT2D eigenvalue weighted by Crippen LogP contribution is -2.38. The first kappa shape index (κ1) is 21.3. The minimum absolute atomic E-state index is 0.0232. The number of fused-ring (bicyclic) bond motifs is 1. The SMILES string of the molecule is CCNC(=NCCc1cn2cccc(C)c2n1)N(C)Cc1csc(C(C)OC)n1. The van der Waals surface area contributed by atoms with Crippen LogP contribution in [0.5, 0.6) is 0 Å². The number of nitrogens with one attached hydrogen (secondary N) is 1. The number of imidazole rings is 1. The Morgan fingerprint density at radius 2 is 2.21 bits per heavy atom. The maximum Gasteiger partial charge on any atom is 0.194 e. The van der Waals surface area contributed by atoms with Crippen LogP contribution in [0.2, 0.25) is 0 Å². The quantitative estimate of drug-likeness (QED) is 0.452. The van der Waals surface area contributed by atoms with E-state index in [9.17, 15) is 0 Å². The standard InChI is InChI=1S/C21H30N6OS/c1-6-22-21(26(4)12-18-14-29-20(25-18)16(3)28-5)23-10-9-17-13-27-11-7-8-15(2)19(27)24-17/h7-8,11,13-14,16H,6,9-10,12H2,1-5H3,(H,22,23). The highest BCUT2D eigenvalue weighted by Crippen LogP contribution is 2.21. The summed E-state index contributed by atoms with van der Waals surface area (Å²) < 4.78 is 7.43. The number of aryl methyl sites for hydroxylation is 1. The van der Waals surface area contributed by atoms with Gasteiger partial charge in [0.25, 0.3) is 0 Å². The van der Waals surface area contributed by atoms with Crippen molar-refractivity contribution in [3.63, 3.8) is 0 Å². The lowest BCUT2D eigenvalue weighted by atomic mass is 10.3. The molecule has 3 heterocycles. The summed E-state index contributed by atoms with van der Waals surface area (Å²) in [5.41, 5.74) is 4.28. The van der Waals surface area contributed by atoms with E-state index in [2.05, 4.69) is 51.1 Å². The van der Waals surface area contributed by atoms with Gasteiger partial charge in [0, 0.05) is 51.4 Å². The second-order valence-corrected chi connectivity index (χ2v) is 7.94. The molecule has 0 amide bonds. The fourth-order valence-corrected chi connectivity index (χ4v) is 3.91. The summed E-state index contributed by atoms with van der Waals surface area (Å²) in [6, 6.07) is 4.13. The van der Waals surface area contributed by atoms with E-state index in [4.69, 9.17) is 14.7 Å². The summed E-state index contributed by atoms with van der Waals surface area (Å²) in [6.45, 7) is 8.37. The van der Waals surface area contributed by atoms with Crippen molar-refractivity contribution < 1.29 is 4.74 Å². The van der Waals surface area contributed by atoms with Crippen molar-refractivity contribution in [2.24, 2.45) is 4.99 Å². The third-order valence-corrected chi connectivity index (χ3v) is 5.78. The minimum Gasteiger partial charge on any atom is -0.375 e. The Hall–Kier alpha value is -2.45. The van der Waals surface area contributed by atoms with Gasteiger partial charge >= 0.3 is 0 Å². The predicted molar refractivity (Wildman–Crippen MR) is 119 cm³/mol. The number of hydrogen-bond acceptors (Lipinski definition) is 5. The summed E-state index contributed by atoms with van der Waals surface area (Å²) in [7, 11) is 3.74. The lowest BCUT2D eigenvalue weighted by molar-refractivity contribution is 0.119. The molecular weight excluding hydrogens is 384 g/mol. The molecule has 0 aromatic carbocycles. The summed E-state index contributed by atoms with van der Waals surface area (Å²) in [5, 5.41) is 6.45. The van der Waals surface area contributed by atoms with Gasteiger partial charge in [-0.15, -0.1) is 11.3 Å². The molecule has 1 atom stereocenters. The van der Waals surface area contributed by atoms with E-state index in [-0.39, 0.29) is 6.10 Å². The number of rotatable bonds is 8. The molecule has 0 bridgehead atoms. The molecule has 0 fully saturated rings. The van der Waals surface area contributed by atoms with E-state index in [1.165, 1.54) is 5.56 Å². The number of aromatic nitrogens is 3. The van der Waals surface area contributed by atoms with E-state index in [1.54, 1.807) is 18.4 Å². The summed E-state index contributed by atoms with van der Waals surface area (Å²) >= 11 is 1.63. The van der Waals surface area contributed by atoms with Gasteiger partial charge in [-0.25, -0.2) is 9.97 Å². The molecule has 156 valence electrons. The van der Waals surface area contributed by atoms with Gasteiger partial charge in [0.2, 0.25) is 0 Å². The minimum atomic E-state index is 0.0232. The van der Waals surface area contributed by atoms with Crippen LogP contribution >= 0.6 is 11.3 Å². The van der Waals surface area contributed by atoms with Gasteiger partial charge in [0.1, 0.15) is 16.8 Å². The maximum absolute atomic E-state index is 5.36. The van der Waals surface area contributed by atoms with E-state index in [0.717, 1.165) is 41.0 Å². The number of thiazole rings is 1. The smallest absolute Gasteiger partial charge is 0.194 e. The van der Waals surface area contributed by atoms with Crippen LogP contribution in [0.1, 0.15) is 41.9 Å². The molecule has 29 heavy (non-hydrogen) atoms. The van der Waals surface area contributed by atoms with Crippen molar-refractivity contribution >= 4 is 22.9 Å². The van der Waals surface area contributed by atoms with Crippen LogP contribution < -0.4 is 5.32 Å². The first-order valence-corrected chi connectivity index (χ1v) is 10.8. The monoisotopic (exact) mass is 414 g/mol. The molecule has 0 aliphatic heterocycles. The van der Waals surface area contributed by atoms with Crippen molar-refractivity contribution in [1.29, 1.82) is 0 Å². The van der Waals surface area contributed by atoms with E-state index < -0.39 is 0 Å². The van der Waals surface area contributed by atoms with Gasteiger partial charge in [-0.1, -0.05) is 6.07 Å². The molecule has 1 unspecified atom stereocenters. The van der Waals surface area contributed by atoms with Crippen LogP contribution in [0.4, 0.5) is 0 Å². The summed E-state index contributed by atoms with van der Waals surface area (Å²) in [4.78, 5) is 16.3. The van der Waals surface area contributed by atoms with Gasteiger partial charge < -0.3 is 19.4 Å². The highest BCUT2D eigenvalue weighted by Gasteiger charge is 2.13. The van der Waals surface area contributed by atoms with Gasteiger partial charge in [-0.3, -0.25) is 4.99 Å². The maximum atomic E-state index is 5.36. The number of methoxy groups -OCH3 is 1. The molecule has 3 aromatic rings. The molecular formula is C21H30N6OS. The van der Waals surface area contributed by atoms with Crippen LogP contribution in [0.15, 0.2) is 34.9 Å². The number of hydrogen-bond donors (Lipinski definition) is 1. The second kappa shape index (κ2) is 9.84. The van der Waals surface area contributed by atoms with Crippen molar-refractivity contribution in [2.75, 3.05) is 27.2 Å². The Morgan fingerprint density at radius 3 is 2.93 bits per heavy atom. The molecule has 0 spiro atoms. The third-order valence-electron chi connectivity index (χ3n) is 4.72. The van der Waals surface area contributed by atoms with Crippen LogP contribution in [-0.2, 0) is 17.7 Å². The van der Waals surface area contributed by atoms with Crippen molar-refractivity contribution in [2.45, 2.75) is 39.8 Å². The van der Waals surface area contributed by atoms with Crippen molar-refractivity contribution in [3.8, 4) is 0 Å². The molecule has 0 aliphatic carbocycles. The molecule has 0 radical (unpaired) electrons. The van der Waals surface area contributed by atoms with E-state index in [1.807, 2.05) is 26.2 Å². The molecule has 8 heteroatoms. The zero-order chi connectivity index (χ0) is 20.8. The first-order valence-electron chi connectivity index (χ1n) is 9.91. The first-order chi connectivity index (χ1) is 14.0. The topological polar surface area (TPSA) is 67.0 Å². The van der Waals surface area contributed by atoms with Crippen molar-refractivity contribution in [3.05, 3.63) is 51.9 Å². The average Bonchev–Trinajstić information content (AvgIpc) is 3.34. The zero-order valence-corrected chi connectivity index (χ0v) is 18.7. The highest BCUT2D eigenvalue weighted by molar-refractivity contribution is 7.09. The molecule has 3 rings (SSSR count). The van der Waals surface area contributed by atoms with E-state index >= 15 is 0 Å². The van der Waals surface area contributed by atoms with Crippen LogP contribution in [0, 0.1) is 6.92 Å². The van der Waals surface area contributed by atoms with Crippen LogP contribution in [0.25, 0.3) is 5.65 Å². The lowest BCUT2D eigenvalue weighted by Gasteiger charge is -2.21. The Balaban J connectivity index is 1.63. The summed E-state index contributed by atoms with van der Waals surface area (Å²) in [5.74, 6) is 0.877. The van der Waals surface area contributed by atoms with Crippen LogP contribution in [-0.4, -0.2) is 52.5 Å². The molecule has 0 saturated carbocycles. The van der Waals surface area contributed by atoms with Gasteiger partial charge in [-0.2, -0.15) is 0 Å². The van der Waals surface area contributed by atoms with Gasteiger partial charge in [0.05, 0.1) is 17.9 Å². The molecule has 0 aliphatic rings. The summed E-state index contributed by atoms with van der Waals surface area (Å²) in [6.07, 6.45) is 4.94. The average molecular weight is 415 g/mol. The number of aliphatic imine (C=N–C) groups is 1. The predicted octanol–water partition coefficient (Wildman–Crippen LogP) is 3.45. The molecule has 1 N–H and O–H groups in total. The number of nitrogens with zero attached hydrogens (tertiary/aromatic N) is 5. The number of guanidine groups is 1. The normalized spacial score (nSPS) is 13.1. The Bertz CT molecular complexity index is 963. The molecule has 0 saturated heterocycles. The van der Waals surface area contributed by atoms with E-state index in [0.29, 0.717) is 13.1 Å². The Kier molecular flexibility index (Phi) is 7.22. The number of ether oxygens (including phenoxy) is 1. The fourth-order valence-electron chi connectivity index (χ4n) is 3.07. The van der Waals surface area contributed by atoms with Crippen LogP contribution in [0.3, 0.4) is 0 Å². The highest BCUT2D eigenvalue weighted by atomic mass is 32.1. The third kappa shape index (κ3) is 5.33. The van der Waals surface area contributed by atoms with Gasteiger partial charge in [-0.05, 0) is 32.4 Å². The number of pyridine rings is 1. The zero-order valence-electron chi connectivity index (χ0n) is 17.8. The van der Waals surface area contributed by atoms with Gasteiger partial charge in [0.15, 0.2) is 5.96 Å². The largest absolute Gasteiger partial charge is 0.375 e. The van der Waals surface area contributed by atoms with Crippen molar-refractivity contribution in [1.82, 2.24) is 24.6 Å². The second-order valence-electron chi connectivity index (χ2n) is 7.05. The Morgan fingerprint density at radius 1 is 1.38 bits per heavy atom. The Labute approximate surface area is 176 Å². The fraction of sp³-hybridized carbons (Fsp3) is 0.476. The molecule has 3 aromatic heterocycles.